The van der Waals surface area contributed by atoms with Crippen LogP contribution < -0.4 is 5.56 Å². The van der Waals surface area contributed by atoms with Crippen molar-refractivity contribution in [1.82, 2.24) is 8.87 Å². The zero-order valence-corrected chi connectivity index (χ0v) is 26.4. The number of aromatic nitrogens is 1. The fourth-order valence-electron chi connectivity index (χ4n) is 6.80. The van der Waals surface area contributed by atoms with Crippen molar-refractivity contribution in [2.24, 2.45) is 0 Å². The van der Waals surface area contributed by atoms with Gasteiger partial charge in [0, 0.05) is 25.1 Å². The molecule has 4 heterocycles. The van der Waals surface area contributed by atoms with Gasteiger partial charge in [-0.05, 0) is 64.2 Å². The van der Waals surface area contributed by atoms with Gasteiger partial charge in [-0.25, -0.2) is 13.2 Å². The number of rotatable bonds is 8. The van der Waals surface area contributed by atoms with Crippen LogP contribution in [0, 0.1) is 32.1 Å². The predicted octanol–water partition coefficient (Wildman–Crippen LogP) is 2.81. The van der Waals surface area contributed by atoms with E-state index in [0.29, 0.717) is 42.9 Å². The lowest BCUT2D eigenvalue weighted by atomic mass is 9.86. The molecule has 0 aliphatic carbocycles. The Labute approximate surface area is 256 Å². The highest BCUT2D eigenvalue weighted by atomic mass is 32.2. The molecule has 1 spiro atoms. The first kappa shape index (κ1) is 31.8. The highest BCUT2D eigenvalue weighted by Crippen LogP contribution is 2.43. The van der Waals surface area contributed by atoms with Gasteiger partial charge in [0.2, 0.25) is 21.4 Å². The summed E-state index contributed by atoms with van der Waals surface area (Å²) in [5.74, 6) is -3.19. The number of sulfonamides is 1. The summed E-state index contributed by atoms with van der Waals surface area (Å²) in [6.07, 6.45) is 0.677. The van der Waals surface area contributed by atoms with Crippen LogP contribution in [0.25, 0.3) is 0 Å². The number of carbonyl (C=O) groups excluding carboxylic acids is 2. The van der Waals surface area contributed by atoms with Crippen LogP contribution in [0.2, 0.25) is 0 Å². The molecule has 0 radical (unpaired) electrons. The summed E-state index contributed by atoms with van der Waals surface area (Å²) in [4.78, 5) is 41.5. The molecule has 236 valence electrons. The molecule has 5 rings (SSSR count). The number of fused-ring (bicyclic) bond motifs is 2. The van der Waals surface area contributed by atoms with Gasteiger partial charge >= 0.3 is 11.9 Å². The van der Waals surface area contributed by atoms with Crippen molar-refractivity contribution >= 4 is 22.0 Å². The van der Waals surface area contributed by atoms with E-state index in [1.165, 1.54) is 10.6 Å². The molecule has 1 aromatic carbocycles. The van der Waals surface area contributed by atoms with Gasteiger partial charge in [-0.2, -0.15) is 9.57 Å². The normalized spacial score (nSPS) is 20.7. The molecule has 3 aliphatic rings. The minimum atomic E-state index is -4.13. The van der Waals surface area contributed by atoms with Crippen molar-refractivity contribution < 1.29 is 37.0 Å². The van der Waals surface area contributed by atoms with Crippen LogP contribution in [0.3, 0.4) is 0 Å². The molecule has 3 aliphatic heterocycles. The molecule has 44 heavy (non-hydrogen) atoms. The van der Waals surface area contributed by atoms with Crippen molar-refractivity contribution in [3.05, 3.63) is 62.1 Å². The van der Waals surface area contributed by atoms with Gasteiger partial charge in [0.25, 0.3) is 5.56 Å². The third kappa shape index (κ3) is 4.94. The van der Waals surface area contributed by atoms with E-state index in [4.69, 9.17) is 18.9 Å². The van der Waals surface area contributed by atoms with Gasteiger partial charge in [-0.3, -0.25) is 9.59 Å². The number of nitriles is 1. The predicted molar refractivity (Wildman–Crippen MR) is 156 cm³/mol. The van der Waals surface area contributed by atoms with E-state index >= 15 is 0 Å². The van der Waals surface area contributed by atoms with Crippen LogP contribution in [0.15, 0.2) is 27.9 Å². The number of benzene rings is 1. The second kappa shape index (κ2) is 11.7. The summed E-state index contributed by atoms with van der Waals surface area (Å²) in [7, 11) is -4.13. The minimum absolute atomic E-state index is 0.0734. The van der Waals surface area contributed by atoms with E-state index in [1.54, 1.807) is 39.8 Å². The molecule has 1 aromatic heterocycles. The molecule has 2 fully saturated rings. The molecule has 12 nitrogen and oxygen atoms in total. The quantitative estimate of drug-likeness (QED) is 0.399. The smallest absolute Gasteiger partial charge is 0.355 e. The van der Waals surface area contributed by atoms with E-state index in [0.717, 1.165) is 9.87 Å². The summed E-state index contributed by atoms with van der Waals surface area (Å²) in [5.41, 5.74) is -1.10. The van der Waals surface area contributed by atoms with Crippen molar-refractivity contribution in [3.63, 3.8) is 0 Å². The van der Waals surface area contributed by atoms with Gasteiger partial charge in [0.1, 0.15) is 17.7 Å². The molecule has 0 N–H and O–H groups in total. The van der Waals surface area contributed by atoms with Crippen molar-refractivity contribution in [1.29, 1.82) is 5.26 Å². The van der Waals surface area contributed by atoms with Crippen LogP contribution in [0.5, 0.6) is 0 Å². The summed E-state index contributed by atoms with van der Waals surface area (Å²) in [5, 5.41) is 10.1. The molecule has 2 saturated heterocycles. The molecule has 0 saturated carbocycles. The lowest BCUT2D eigenvalue weighted by molar-refractivity contribution is -0.187. The van der Waals surface area contributed by atoms with Gasteiger partial charge < -0.3 is 23.5 Å². The molecule has 2 atom stereocenters. The van der Waals surface area contributed by atoms with Crippen molar-refractivity contribution in [3.8, 4) is 6.07 Å². The van der Waals surface area contributed by atoms with E-state index in [1.807, 2.05) is 13.0 Å². The fourth-order valence-corrected chi connectivity index (χ4v) is 8.86. The fraction of sp³-hybridized carbons (Fsp3) is 0.548. The first-order valence-electron chi connectivity index (χ1n) is 14.8. The lowest BCUT2D eigenvalue weighted by Crippen LogP contribution is -2.49. The van der Waals surface area contributed by atoms with E-state index in [2.05, 4.69) is 0 Å². The number of ether oxygens (including phenoxy) is 4. The second-order valence-electron chi connectivity index (χ2n) is 11.4. The molecular weight excluding hydrogens is 590 g/mol. The number of aryl methyl sites for hydroxylation is 3. The van der Waals surface area contributed by atoms with Gasteiger partial charge in [-0.1, -0.05) is 24.6 Å². The molecule has 0 bridgehead atoms. The Morgan fingerprint density at radius 3 is 2.36 bits per heavy atom. The van der Waals surface area contributed by atoms with E-state index in [9.17, 15) is 28.1 Å². The maximum atomic E-state index is 14.0. The van der Waals surface area contributed by atoms with Crippen LogP contribution in [0.1, 0.15) is 73.0 Å². The molecule has 0 amide bonds. The Balaban J connectivity index is 1.61. The molecule has 0 unspecified atom stereocenters. The highest BCUT2D eigenvalue weighted by Gasteiger charge is 2.53. The highest BCUT2D eigenvalue weighted by molar-refractivity contribution is 7.89. The summed E-state index contributed by atoms with van der Waals surface area (Å²) < 4.78 is 53.6. The first-order chi connectivity index (χ1) is 20.9. The number of pyridine rings is 1. The van der Waals surface area contributed by atoms with Crippen molar-refractivity contribution in [2.45, 2.75) is 89.2 Å². The molecule has 2 aromatic rings. The van der Waals surface area contributed by atoms with Crippen LogP contribution >= 0.6 is 0 Å². The Kier molecular flexibility index (Phi) is 8.50. The Hall–Kier alpha value is -3.57. The zero-order valence-electron chi connectivity index (χ0n) is 25.6. The lowest BCUT2D eigenvalue weighted by Gasteiger charge is -2.34. The second-order valence-corrected chi connectivity index (χ2v) is 13.2. The maximum Gasteiger partial charge on any atom is 0.355 e. The number of hydrogen-bond donors (Lipinski definition) is 0. The van der Waals surface area contributed by atoms with Gasteiger partial charge in [0.05, 0.1) is 30.4 Å². The maximum absolute atomic E-state index is 14.0. The summed E-state index contributed by atoms with van der Waals surface area (Å²) in [6, 6.07) is 5.65. The standard InChI is InChI=1S/C31H37N3O9S/c1-6-30(29(37)40-7-2,23-17-25-31(41-13-14-42-31)10-12-33(25)27(35)22(23)18-32)43-28(36)24-9-8-11-34(24)44(38,39)26-20(4)15-19(3)16-21(26)5/h15-17,24H,6-14H2,1-5H3/t24-,30-/m1/s1. The number of carbonyl (C=O) groups is 2. The largest absolute Gasteiger partial charge is 0.463 e. The van der Waals surface area contributed by atoms with Crippen LogP contribution in [0.4, 0.5) is 0 Å². The van der Waals surface area contributed by atoms with Gasteiger partial charge in [-0.15, -0.1) is 0 Å². The van der Waals surface area contributed by atoms with E-state index in [-0.39, 0.29) is 48.6 Å². The number of esters is 2. The van der Waals surface area contributed by atoms with Gasteiger partial charge in [0.15, 0.2) is 0 Å². The third-order valence-corrected chi connectivity index (χ3v) is 10.9. The molecule has 13 heteroatoms. The Morgan fingerprint density at radius 1 is 1.11 bits per heavy atom. The number of nitrogens with zero attached hydrogens (tertiary/aromatic N) is 3. The Morgan fingerprint density at radius 2 is 1.77 bits per heavy atom. The van der Waals surface area contributed by atoms with Crippen molar-refractivity contribution in [2.75, 3.05) is 26.4 Å². The zero-order chi connectivity index (χ0) is 32.0. The summed E-state index contributed by atoms with van der Waals surface area (Å²) >= 11 is 0. The average molecular weight is 628 g/mol. The SMILES string of the molecule is CCOC(=O)[C@](CC)(OC(=O)[C@H]1CCCN1S(=O)(=O)c1c(C)cc(C)cc1C)c1cc2n(c(=O)c1C#N)CCC21OCCO1. The Bertz CT molecular complexity index is 1700. The number of hydrogen-bond acceptors (Lipinski definition) is 10. The third-order valence-electron chi connectivity index (χ3n) is 8.68. The first-order valence-corrected chi connectivity index (χ1v) is 16.3. The van der Waals surface area contributed by atoms with Crippen LogP contribution in [-0.4, -0.2) is 61.6 Å². The molecular formula is C31H37N3O9S. The monoisotopic (exact) mass is 627 g/mol. The van der Waals surface area contributed by atoms with Crippen LogP contribution in [-0.2, 0) is 56.5 Å². The average Bonchev–Trinajstić information content (AvgIpc) is 3.73. The minimum Gasteiger partial charge on any atom is -0.463 e. The summed E-state index contributed by atoms with van der Waals surface area (Å²) in [6.45, 7) is 9.26. The van der Waals surface area contributed by atoms with E-state index < -0.39 is 45.0 Å². The topological polar surface area (TPSA) is 154 Å².